The second kappa shape index (κ2) is 16.9. The van der Waals surface area contributed by atoms with E-state index in [-0.39, 0.29) is 12.6 Å². The third-order valence-electron chi connectivity index (χ3n) is 2.96. The van der Waals surface area contributed by atoms with Gasteiger partial charge in [0.15, 0.2) is 12.6 Å². The van der Waals surface area contributed by atoms with Crippen LogP contribution in [0.25, 0.3) is 0 Å². The summed E-state index contributed by atoms with van der Waals surface area (Å²) >= 11 is 0. The number of hydrogen-bond donors (Lipinski definition) is 1. The molecule has 5 nitrogen and oxygen atoms in total. The third kappa shape index (κ3) is 13.5. The minimum atomic E-state index is -0.631. The molecule has 0 spiro atoms. The summed E-state index contributed by atoms with van der Waals surface area (Å²) in [5.41, 5.74) is 0. The van der Waals surface area contributed by atoms with Gasteiger partial charge in [0, 0.05) is 39.3 Å². The van der Waals surface area contributed by atoms with E-state index in [1.165, 1.54) is 0 Å². The van der Waals surface area contributed by atoms with Crippen LogP contribution in [-0.2, 0) is 18.9 Å². The summed E-state index contributed by atoms with van der Waals surface area (Å²) < 4.78 is 21.7. The molecule has 5 heteroatoms. The van der Waals surface area contributed by atoms with Gasteiger partial charge in [-0.2, -0.15) is 0 Å². The molecule has 0 bridgehead atoms. The molecule has 0 fully saturated rings. The summed E-state index contributed by atoms with van der Waals surface area (Å²) in [7, 11) is 0. The van der Waals surface area contributed by atoms with Crippen molar-refractivity contribution in [1.29, 1.82) is 0 Å². The highest BCUT2D eigenvalue weighted by Gasteiger charge is 2.05. The van der Waals surface area contributed by atoms with Gasteiger partial charge in [-0.3, -0.25) is 0 Å². The summed E-state index contributed by atoms with van der Waals surface area (Å²) in [6.45, 7) is 10.2. The van der Waals surface area contributed by atoms with Crippen molar-refractivity contribution >= 4 is 0 Å². The molecule has 0 aliphatic carbocycles. The lowest BCUT2D eigenvalue weighted by molar-refractivity contribution is -0.133. The Labute approximate surface area is 146 Å². The molecule has 24 heavy (non-hydrogen) atoms. The summed E-state index contributed by atoms with van der Waals surface area (Å²) in [5, 5.41) is 9.86. The lowest BCUT2D eigenvalue weighted by Gasteiger charge is -2.14. The van der Waals surface area contributed by atoms with Gasteiger partial charge in [0.2, 0.25) is 0 Å². The standard InChI is InChI=1S/C19H34O5/c1-5-21-18(22-6-2)15-11-9-10-13-17(20)14-12-16-19(23-7-3)24-8-4/h9-14,17-20H,5-8,15-16H2,1-4H3/b11-9+,13-10-,14-12+. The Kier molecular flexibility index (Phi) is 16.2. The highest BCUT2D eigenvalue weighted by molar-refractivity contribution is 5.09. The van der Waals surface area contributed by atoms with Crippen LogP contribution in [0.15, 0.2) is 36.5 Å². The second-order valence-electron chi connectivity index (χ2n) is 4.88. The molecule has 0 amide bonds. The largest absolute Gasteiger partial charge is 0.385 e. The van der Waals surface area contributed by atoms with E-state index >= 15 is 0 Å². The minimum absolute atomic E-state index is 0.205. The van der Waals surface area contributed by atoms with E-state index in [1.807, 2.05) is 52.0 Å². The van der Waals surface area contributed by atoms with Gasteiger partial charge < -0.3 is 24.1 Å². The number of hydrogen-bond acceptors (Lipinski definition) is 5. The minimum Gasteiger partial charge on any atom is -0.385 e. The Morgan fingerprint density at radius 1 is 0.667 bits per heavy atom. The molecule has 1 atom stereocenters. The van der Waals surface area contributed by atoms with Gasteiger partial charge >= 0.3 is 0 Å². The van der Waals surface area contributed by atoms with E-state index in [1.54, 1.807) is 12.2 Å². The van der Waals surface area contributed by atoms with Crippen molar-refractivity contribution in [2.45, 2.75) is 59.2 Å². The number of allylic oxidation sites excluding steroid dienone is 2. The molecule has 0 aliphatic rings. The van der Waals surface area contributed by atoms with E-state index < -0.39 is 6.10 Å². The van der Waals surface area contributed by atoms with Crippen LogP contribution in [0, 0.1) is 0 Å². The number of ether oxygens (including phenoxy) is 4. The maximum Gasteiger partial charge on any atom is 0.160 e. The zero-order valence-corrected chi connectivity index (χ0v) is 15.5. The zero-order chi connectivity index (χ0) is 18.0. The molecule has 0 aromatic carbocycles. The van der Waals surface area contributed by atoms with Gasteiger partial charge in [-0.15, -0.1) is 0 Å². The molecule has 0 aromatic rings. The van der Waals surface area contributed by atoms with Crippen LogP contribution in [0.3, 0.4) is 0 Å². The van der Waals surface area contributed by atoms with Crippen LogP contribution in [-0.4, -0.2) is 50.2 Å². The van der Waals surface area contributed by atoms with Crippen molar-refractivity contribution in [3.8, 4) is 0 Å². The van der Waals surface area contributed by atoms with Crippen LogP contribution >= 0.6 is 0 Å². The van der Waals surface area contributed by atoms with Gasteiger partial charge in [-0.1, -0.05) is 36.5 Å². The summed E-state index contributed by atoms with van der Waals surface area (Å²) in [4.78, 5) is 0. The van der Waals surface area contributed by atoms with Gasteiger partial charge in [-0.25, -0.2) is 0 Å². The molecular formula is C19H34O5. The number of rotatable bonds is 15. The first kappa shape index (κ1) is 23.0. The molecule has 0 rings (SSSR count). The van der Waals surface area contributed by atoms with Gasteiger partial charge in [0.1, 0.15) is 0 Å². The molecule has 0 saturated carbocycles. The van der Waals surface area contributed by atoms with Gasteiger partial charge in [0.05, 0.1) is 6.10 Å². The Bertz CT molecular complexity index is 340. The SMILES string of the molecule is CCOC(C/C=C/C=C\C(O)/C=C/CC(OCC)OCC)OCC. The topological polar surface area (TPSA) is 57.2 Å². The van der Waals surface area contributed by atoms with Crippen molar-refractivity contribution in [2.24, 2.45) is 0 Å². The molecule has 0 aliphatic heterocycles. The summed E-state index contributed by atoms with van der Waals surface area (Å²) in [6.07, 6.45) is 11.2. The molecule has 0 radical (unpaired) electrons. The van der Waals surface area contributed by atoms with Crippen molar-refractivity contribution < 1.29 is 24.1 Å². The highest BCUT2D eigenvalue weighted by Crippen LogP contribution is 2.04. The van der Waals surface area contributed by atoms with E-state index in [2.05, 4.69) is 0 Å². The highest BCUT2D eigenvalue weighted by atomic mass is 16.7. The monoisotopic (exact) mass is 342 g/mol. The maximum atomic E-state index is 9.86. The fourth-order valence-corrected chi connectivity index (χ4v) is 1.95. The van der Waals surface area contributed by atoms with Crippen LogP contribution in [0.5, 0.6) is 0 Å². The van der Waals surface area contributed by atoms with E-state index in [4.69, 9.17) is 18.9 Å². The first-order valence-electron chi connectivity index (χ1n) is 8.82. The molecule has 0 saturated heterocycles. The van der Waals surface area contributed by atoms with E-state index in [9.17, 15) is 5.11 Å². The first-order chi connectivity index (χ1) is 11.7. The molecule has 0 heterocycles. The fraction of sp³-hybridized carbons (Fsp3) is 0.684. The molecule has 0 aromatic heterocycles. The van der Waals surface area contributed by atoms with E-state index in [0.717, 1.165) is 0 Å². The zero-order valence-electron chi connectivity index (χ0n) is 15.5. The number of aliphatic hydroxyl groups is 1. The summed E-state index contributed by atoms with van der Waals surface area (Å²) in [6, 6.07) is 0. The fourth-order valence-electron chi connectivity index (χ4n) is 1.95. The molecule has 1 N–H and O–H groups in total. The average molecular weight is 342 g/mol. The smallest absolute Gasteiger partial charge is 0.160 e. The van der Waals surface area contributed by atoms with Gasteiger partial charge in [-0.05, 0) is 27.7 Å². The van der Waals surface area contributed by atoms with E-state index in [0.29, 0.717) is 39.3 Å². The predicted molar refractivity (Wildman–Crippen MR) is 96.7 cm³/mol. The van der Waals surface area contributed by atoms with Crippen LogP contribution < -0.4 is 0 Å². The van der Waals surface area contributed by atoms with Crippen LogP contribution in [0.1, 0.15) is 40.5 Å². The third-order valence-corrected chi connectivity index (χ3v) is 2.96. The van der Waals surface area contributed by atoms with Crippen LogP contribution in [0.4, 0.5) is 0 Å². The first-order valence-corrected chi connectivity index (χ1v) is 8.82. The van der Waals surface area contributed by atoms with Crippen molar-refractivity contribution in [3.05, 3.63) is 36.5 Å². The van der Waals surface area contributed by atoms with Crippen molar-refractivity contribution in [1.82, 2.24) is 0 Å². The van der Waals surface area contributed by atoms with Crippen molar-refractivity contribution in [2.75, 3.05) is 26.4 Å². The number of aliphatic hydroxyl groups excluding tert-OH is 1. The molecule has 1 unspecified atom stereocenters. The van der Waals surface area contributed by atoms with Crippen molar-refractivity contribution in [3.63, 3.8) is 0 Å². The molecule has 140 valence electrons. The lowest BCUT2D eigenvalue weighted by atomic mass is 10.2. The Morgan fingerprint density at radius 3 is 1.58 bits per heavy atom. The predicted octanol–water partition coefficient (Wildman–Crippen LogP) is 3.59. The second-order valence-corrected chi connectivity index (χ2v) is 4.88. The lowest BCUT2D eigenvalue weighted by Crippen LogP contribution is -2.16. The normalized spacial score (nSPS) is 14.1. The quantitative estimate of drug-likeness (QED) is 0.280. The Hall–Kier alpha value is -0.980. The Balaban J connectivity index is 4.11. The van der Waals surface area contributed by atoms with Gasteiger partial charge in [0.25, 0.3) is 0 Å². The Morgan fingerprint density at radius 2 is 1.12 bits per heavy atom. The molecular weight excluding hydrogens is 308 g/mol. The maximum absolute atomic E-state index is 9.86. The summed E-state index contributed by atoms with van der Waals surface area (Å²) in [5.74, 6) is 0. The van der Waals surface area contributed by atoms with Crippen LogP contribution in [0.2, 0.25) is 0 Å². The average Bonchev–Trinajstić information content (AvgIpc) is 2.55.